The van der Waals surface area contributed by atoms with E-state index in [1.807, 2.05) is 0 Å². The predicted octanol–water partition coefficient (Wildman–Crippen LogP) is 3.22. The van der Waals surface area contributed by atoms with Gasteiger partial charge in [-0.2, -0.15) is 0 Å². The summed E-state index contributed by atoms with van der Waals surface area (Å²) >= 11 is 0. The highest BCUT2D eigenvalue weighted by molar-refractivity contribution is 4.75. The van der Waals surface area contributed by atoms with Crippen molar-refractivity contribution in [3.63, 3.8) is 0 Å². The molecule has 0 aliphatic heterocycles. The van der Waals surface area contributed by atoms with Crippen molar-refractivity contribution in [2.24, 2.45) is 11.8 Å². The number of hydrogen-bond donors (Lipinski definition) is 1. The number of methoxy groups -OCH3 is 1. The molecule has 0 aromatic rings. The van der Waals surface area contributed by atoms with E-state index in [-0.39, 0.29) is 0 Å². The molecule has 16 heavy (non-hydrogen) atoms. The van der Waals surface area contributed by atoms with Crippen LogP contribution in [0.4, 0.5) is 0 Å². The maximum absolute atomic E-state index is 5.16. The monoisotopic (exact) mass is 227 g/mol. The lowest BCUT2D eigenvalue weighted by molar-refractivity contribution is 0.168. The summed E-state index contributed by atoms with van der Waals surface area (Å²) in [6.45, 7) is 3.23. The molecule has 96 valence electrons. The average Bonchev–Trinajstić information content (AvgIpc) is 2.80. The Balaban J connectivity index is 2.18. The molecule has 0 amide bonds. The van der Waals surface area contributed by atoms with Crippen LogP contribution < -0.4 is 5.32 Å². The van der Waals surface area contributed by atoms with E-state index >= 15 is 0 Å². The van der Waals surface area contributed by atoms with Gasteiger partial charge >= 0.3 is 0 Å². The molecule has 2 atom stereocenters. The van der Waals surface area contributed by atoms with Crippen LogP contribution in [0.1, 0.15) is 51.9 Å². The summed E-state index contributed by atoms with van der Waals surface area (Å²) < 4.78 is 5.16. The van der Waals surface area contributed by atoms with Gasteiger partial charge in [0.1, 0.15) is 0 Å². The fourth-order valence-electron chi connectivity index (χ4n) is 2.93. The molecule has 0 bridgehead atoms. The second kappa shape index (κ2) is 8.08. The zero-order valence-corrected chi connectivity index (χ0v) is 11.3. The molecule has 2 unspecified atom stereocenters. The minimum Gasteiger partial charge on any atom is -0.385 e. The number of rotatable bonds is 8. The van der Waals surface area contributed by atoms with Gasteiger partial charge in [-0.25, -0.2) is 0 Å². The van der Waals surface area contributed by atoms with Crippen molar-refractivity contribution < 1.29 is 4.74 Å². The van der Waals surface area contributed by atoms with E-state index in [1.165, 1.54) is 44.9 Å². The molecule has 1 aliphatic carbocycles. The van der Waals surface area contributed by atoms with Crippen LogP contribution in [0.25, 0.3) is 0 Å². The topological polar surface area (TPSA) is 21.3 Å². The molecule has 1 fully saturated rings. The molecular weight excluding hydrogens is 198 g/mol. The van der Waals surface area contributed by atoms with Gasteiger partial charge in [0, 0.05) is 19.8 Å². The third kappa shape index (κ3) is 4.84. The molecule has 1 aliphatic rings. The van der Waals surface area contributed by atoms with Gasteiger partial charge in [0.2, 0.25) is 0 Å². The van der Waals surface area contributed by atoms with Crippen molar-refractivity contribution in [1.29, 1.82) is 0 Å². The zero-order chi connectivity index (χ0) is 11.8. The predicted molar refractivity (Wildman–Crippen MR) is 69.7 cm³/mol. The Labute approximate surface area is 101 Å². The highest BCUT2D eigenvalue weighted by Crippen LogP contribution is 2.29. The van der Waals surface area contributed by atoms with E-state index in [4.69, 9.17) is 4.74 Å². The van der Waals surface area contributed by atoms with Gasteiger partial charge in [0.25, 0.3) is 0 Å². The summed E-state index contributed by atoms with van der Waals surface area (Å²) in [4.78, 5) is 0. The molecule has 0 aromatic carbocycles. The minimum absolute atomic E-state index is 0.677. The Bertz CT molecular complexity index is 166. The highest BCUT2D eigenvalue weighted by Gasteiger charge is 2.19. The molecule has 0 spiro atoms. The van der Waals surface area contributed by atoms with Crippen molar-refractivity contribution in [2.75, 3.05) is 20.8 Å². The molecular formula is C14H29NO. The standard InChI is InChI=1S/C14H29NO/c1-12(10-11-16-3)14(15-2)9-8-13-6-4-5-7-13/h12-15H,4-11H2,1-3H3. The van der Waals surface area contributed by atoms with Crippen LogP contribution >= 0.6 is 0 Å². The molecule has 0 aromatic heterocycles. The quantitative estimate of drug-likeness (QED) is 0.687. The second-order valence-electron chi connectivity index (χ2n) is 5.38. The van der Waals surface area contributed by atoms with E-state index in [1.54, 1.807) is 7.11 Å². The van der Waals surface area contributed by atoms with E-state index in [9.17, 15) is 0 Å². The van der Waals surface area contributed by atoms with E-state index in [0.717, 1.165) is 18.4 Å². The molecule has 0 radical (unpaired) electrons. The molecule has 1 N–H and O–H groups in total. The Morgan fingerprint density at radius 1 is 1.25 bits per heavy atom. The minimum atomic E-state index is 0.677. The van der Waals surface area contributed by atoms with Crippen LogP contribution in [0.3, 0.4) is 0 Å². The zero-order valence-electron chi connectivity index (χ0n) is 11.3. The molecule has 2 heteroatoms. The summed E-state index contributed by atoms with van der Waals surface area (Å²) in [5.41, 5.74) is 0. The molecule has 2 nitrogen and oxygen atoms in total. The number of hydrogen-bond acceptors (Lipinski definition) is 2. The van der Waals surface area contributed by atoms with Gasteiger partial charge in [-0.3, -0.25) is 0 Å². The fourth-order valence-corrected chi connectivity index (χ4v) is 2.93. The van der Waals surface area contributed by atoms with Gasteiger partial charge in [-0.05, 0) is 38.1 Å². The average molecular weight is 227 g/mol. The van der Waals surface area contributed by atoms with Crippen molar-refractivity contribution in [3.8, 4) is 0 Å². The van der Waals surface area contributed by atoms with Crippen molar-refractivity contribution >= 4 is 0 Å². The summed E-state index contributed by atoms with van der Waals surface area (Å²) in [7, 11) is 3.89. The van der Waals surface area contributed by atoms with Gasteiger partial charge < -0.3 is 10.1 Å². The van der Waals surface area contributed by atoms with Crippen LogP contribution in [-0.4, -0.2) is 26.8 Å². The Morgan fingerprint density at radius 3 is 2.50 bits per heavy atom. The molecule has 0 saturated heterocycles. The molecule has 1 saturated carbocycles. The Hall–Kier alpha value is -0.0800. The number of ether oxygens (including phenoxy) is 1. The Morgan fingerprint density at radius 2 is 1.94 bits per heavy atom. The van der Waals surface area contributed by atoms with Crippen molar-refractivity contribution in [2.45, 2.75) is 57.9 Å². The second-order valence-corrected chi connectivity index (χ2v) is 5.38. The van der Waals surface area contributed by atoms with E-state index in [2.05, 4.69) is 19.3 Å². The molecule has 0 heterocycles. The van der Waals surface area contributed by atoms with Crippen LogP contribution in [-0.2, 0) is 4.74 Å². The van der Waals surface area contributed by atoms with E-state index in [0.29, 0.717) is 6.04 Å². The van der Waals surface area contributed by atoms with Crippen molar-refractivity contribution in [3.05, 3.63) is 0 Å². The highest BCUT2D eigenvalue weighted by atomic mass is 16.5. The first-order valence-corrected chi connectivity index (χ1v) is 6.94. The first-order chi connectivity index (χ1) is 7.77. The third-order valence-corrected chi connectivity index (χ3v) is 4.20. The largest absolute Gasteiger partial charge is 0.385 e. The molecule has 1 rings (SSSR count). The lowest BCUT2D eigenvalue weighted by atomic mass is 9.90. The number of nitrogens with one attached hydrogen (secondary N) is 1. The summed E-state index contributed by atoms with van der Waals surface area (Å²) in [6, 6.07) is 0.677. The van der Waals surface area contributed by atoms with Crippen LogP contribution in [0, 0.1) is 11.8 Å². The lowest BCUT2D eigenvalue weighted by Crippen LogP contribution is -2.33. The van der Waals surface area contributed by atoms with Gasteiger partial charge in [-0.15, -0.1) is 0 Å². The SMILES string of the molecule is CNC(CCC1CCCC1)C(C)CCOC. The van der Waals surface area contributed by atoms with Crippen molar-refractivity contribution in [1.82, 2.24) is 5.32 Å². The Kier molecular flexibility index (Phi) is 7.06. The first kappa shape index (κ1) is 14.0. The summed E-state index contributed by atoms with van der Waals surface area (Å²) in [6.07, 6.45) is 9.82. The summed E-state index contributed by atoms with van der Waals surface area (Å²) in [5.74, 6) is 1.75. The maximum Gasteiger partial charge on any atom is 0.0465 e. The van der Waals surface area contributed by atoms with Gasteiger partial charge in [0.15, 0.2) is 0 Å². The van der Waals surface area contributed by atoms with Gasteiger partial charge in [0.05, 0.1) is 0 Å². The maximum atomic E-state index is 5.16. The smallest absolute Gasteiger partial charge is 0.0465 e. The normalized spacial score (nSPS) is 21.2. The lowest BCUT2D eigenvalue weighted by Gasteiger charge is -2.24. The van der Waals surface area contributed by atoms with Crippen LogP contribution in [0.2, 0.25) is 0 Å². The third-order valence-electron chi connectivity index (χ3n) is 4.20. The van der Waals surface area contributed by atoms with Crippen LogP contribution in [0.5, 0.6) is 0 Å². The summed E-state index contributed by atoms with van der Waals surface area (Å²) in [5, 5.41) is 3.48. The van der Waals surface area contributed by atoms with Crippen LogP contribution in [0.15, 0.2) is 0 Å². The van der Waals surface area contributed by atoms with E-state index < -0.39 is 0 Å². The van der Waals surface area contributed by atoms with Gasteiger partial charge in [-0.1, -0.05) is 32.6 Å². The first-order valence-electron chi connectivity index (χ1n) is 6.94. The fraction of sp³-hybridized carbons (Fsp3) is 1.00.